The SMILES string of the molecule is Cc1cc(Cl)nnc1C1CCCC1. The van der Waals surface area contributed by atoms with Crippen LogP contribution in [-0.2, 0) is 0 Å². The van der Waals surface area contributed by atoms with Crippen molar-refractivity contribution >= 4 is 11.6 Å². The number of aryl methyl sites for hydroxylation is 1. The van der Waals surface area contributed by atoms with Crippen LogP contribution in [0.25, 0.3) is 0 Å². The first-order valence-electron chi connectivity index (χ1n) is 4.77. The Morgan fingerprint density at radius 3 is 2.62 bits per heavy atom. The normalized spacial score (nSPS) is 18.0. The van der Waals surface area contributed by atoms with Crippen LogP contribution in [0.1, 0.15) is 42.9 Å². The fourth-order valence-corrected chi connectivity index (χ4v) is 2.27. The maximum absolute atomic E-state index is 5.75. The van der Waals surface area contributed by atoms with Crippen molar-refractivity contribution in [1.82, 2.24) is 10.2 Å². The van der Waals surface area contributed by atoms with E-state index in [1.807, 2.05) is 6.07 Å². The first-order valence-corrected chi connectivity index (χ1v) is 5.15. The second-order valence-electron chi connectivity index (χ2n) is 3.72. The Labute approximate surface area is 83.3 Å². The minimum atomic E-state index is 0.499. The third kappa shape index (κ3) is 1.83. The Morgan fingerprint density at radius 1 is 1.31 bits per heavy atom. The molecule has 1 saturated carbocycles. The Balaban J connectivity index is 2.29. The van der Waals surface area contributed by atoms with Gasteiger partial charge < -0.3 is 0 Å². The summed E-state index contributed by atoms with van der Waals surface area (Å²) in [6, 6.07) is 1.90. The maximum atomic E-state index is 5.75. The lowest BCUT2D eigenvalue weighted by atomic mass is 10.0. The monoisotopic (exact) mass is 196 g/mol. The van der Waals surface area contributed by atoms with E-state index in [-0.39, 0.29) is 0 Å². The average Bonchev–Trinajstić information content (AvgIpc) is 2.56. The van der Waals surface area contributed by atoms with Crippen LogP contribution in [0.15, 0.2) is 6.07 Å². The summed E-state index contributed by atoms with van der Waals surface area (Å²) in [5, 5.41) is 8.58. The van der Waals surface area contributed by atoms with Gasteiger partial charge >= 0.3 is 0 Å². The van der Waals surface area contributed by atoms with Gasteiger partial charge in [-0.15, -0.1) is 5.10 Å². The van der Waals surface area contributed by atoms with Crippen LogP contribution in [0.3, 0.4) is 0 Å². The minimum Gasteiger partial charge on any atom is -0.154 e. The molecule has 1 heterocycles. The van der Waals surface area contributed by atoms with Crippen LogP contribution in [-0.4, -0.2) is 10.2 Å². The van der Waals surface area contributed by atoms with Crippen LogP contribution in [0.2, 0.25) is 5.15 Å². The molecular formula is C10H13ClN2. The van der Waals surface area contributed by atoms with Gasteiger partial charge in [0.25, 0.3) is 0 Å². The van der Waals surface area contributed by atoms with Crippen molar-refractivity contribution in [1.29, 1.82) is 0 Å². The molecule has 13 heavy (non-hydrogen) atoms. The summed E-state index contributed by atoms with van der Waals surface area (Å²) >= 11 is 5.75. The largest absolute Gasteiger partial charge is 0.154 e. The van der Waals surface area contributed by atoms with Gasteiger partial charge in [-0.2, -0.15) is 5.10 Å². The van der Waals surface area contributed by atoms with E-state index in [0.717, 1.165) is 5.69 Å². The first kappa shape index (κ1) is 8.95. The molecule has 0 bridgehead atoms. The summed E-state index contributed by atoms with van der Waals surface area (Å²) in [7, 11) is 0. The van der Waals surface area contributed by atoms with Crippen molar-refractivity contribution in [3.63, 3.8) is 0 Å². The molecule has 0 spiro atoms. The Morgan fingerprint density at radius 2 is 2.00 bits per heavy atom. The Kier molecular flexibility index (Phi) is 2.49. The highest BCUT2D eigenvalue weighted by Crippen LogP contribution is 2.34. The van der Waals surface area contributed by atoms with E-state index < -0.39 is 0 Å². The van der Waals surface area contributed by atoms with Gasteiger partial charge in [0.05, 0.1) is 5.69 Å². The van der Waals surface area contributed by atoms with Crippen molar-refractivity contribution in [2.24, 2.45) is 0 Å². The number of nitrogens with zero attached hydrogens (tertiary/aromatic N) is 2. The molecule has 1 fully saturated rings. The molecule has 1 aliphatic carbocycles. The Hall–Kier alpha value is -0.630. The van der Waals surface area contributed by atoms with Gasteiger partial charge in [-0.05, 0) is 31.4 Å². The molecule has 0 saturated heterocycles. The van der Waals surface area contributed by atoms with E-state index in [4.69, 9.17) is 11.6 Å². The van der Waals surface area contributed by atoms with Crippen LogP contribution >= 0.6 is 11.6 Å². The summed E-state index contributed by atoms with van der Waals surface area (Å²) in [5.41, 5.74) is 2.34. The topological polar surface area (TPSA) is 25.8 Å². The van der Waals surface area contributed by atoms with E-state index >= 15 is 0 Å². The number of rotatable bonds is 1. The van der Waals surface area contributed by atoms with Crippen LogP contribution in [0.5, 0.6) is 0 Å². The van der Waals surface area contributed by atoms with Gasteiger partial charge in [-0.3, -0.25) is 0 Å². The highest BCUT2D eigenvalue weighted by atomic mass is 35.5. The molecule has 2 nitrogen and oxygen atoms in total. The van der Waals surface area contributed by atoms with E-state index in [1.165, 1.54) is 31.2 Å². The van der Waals surface area contributed by atoms with Gasteiger partial charge in [0, 0.05) is 5.92 Å². The highest BCUT2D eigenvalue weighted by Gasteiger charge is 2.20. The summed E-state index contributed by atoms with van der Waals surface area (Å²) in [6.45, 7) is 2.06. The molecule has 3 heteroatoms. The summed E-state index contributed by atoms with van der Waals surface area (Å²) < 4.78 is 0. The molecule has 0 atom stereocenters. The molecule has 1 aromatic heterocycles. The second-order valence-corrected chi connectivity index (χ2v) is 4.10. The lowest BCUT2D eigenvalue weighted by Gasteiger charge is -2.09. The quantitative estimate of drug-likeness (QED) is 0.690. The van der Waals surface area contributed by atoms with Gasteiger partial charge in [0.2, 0.25) is 0 Å². The number of hydrogen-bond acceptors (Lipinski definition) is 2. The number of halogens is 1. The second kappa shape index (κ2) is 3.62. The van der Waals surface area contributed by atoms with Gasteiger partial charge in [0.1, 0.15) is 0 Å². The van der Waals surface area contributed by atoms with Crippen molar-refractivity contribution in [2.45, 2.75) is 38.5 Å². The van der Waals surface area contributed by atoms with E-state index in [2.05, 4.69) is 17.1 Å². The third-order valence-corrected chi connectivity index (χ3v) is 2.92. The fourth-order valence-electron chi connectivity index (χ4n) is 2.06. The summed E-state index contributed by atoms with van der Waals surface area (Å²) in [5.74, 6) is 0.629. The lowest BCUT2D eigenvalue weighted by molar-refractivity contribution is 0.673. The van der Waals surface area contributed by atoms with E-state index in [9.17, 15) is 0 Å². The first-order chi connectivity index (χ1) is 6.27. The molecule has 0 amide bonds. The molecule has 0 unspecified atom stereocenters. The van der Waals surface area contributed by atoms with Crippen molar-refractivity contribution in [2.75, 3.05) is 0 Å². The van der Waals surface area contributed by atoms with Crippen molar-refractivity contribution in [3.8, 4) is 0 Å². The molecule has 0 radical (unpaired) electrons. The van der Waals surface area contributed by atoms with Gasteiger partial charge in [-0.25, -0.2) is 0 Å². The smallest absolute Gasteiger partial charge is 0.151 e. The molecule has 1 aromatic rings. The predicted molar refractivity (Wildman–Crippen MR) is 53.0 cm³/mol. The lowest BCUT2D eigenvalue weighted by Crippen LogP contribution is -2.01. The zero-order valence-corrected chi connectivity index (χ0v) is 8.51. The molecule has 0 N–H and O–H groups in total. The van der Waals surface area contributed by atoms with Crippen molar-refractivity contribution in [3.05, 3.63) is 22.5 Å². The van der Waals surface area contributed by atoms with Crippen LogP contribution < -0.4 is 0 Å². The molecule has 70 valence electrons. The fraction of sp³-hybridized carbons (Fsp3) is 0.600. The molecule has 0 aromatic carbocycles. The number of aromatic nitrogens is 2. The van der Waals surface area contributed by atoms with Crippen molar-refractivity contribution < 1.29 is 0 Å². The Bertz CT molecular complexity index is 306. The zero-order chi connectivity index (χ0) is 9.26. The predicted octanol–water partition coefficient (Wildman–Crippen LogP) is 3.10. The minimum absolute atomic E-state index is 0.499. The molecule has 2 rings (SSSR count). The van der Waals surface area contributed by atoms with Gasteiger partial charge in [0.15, 0.2) is 5.15 Å². The zero-order valence-electron chi connectivity index (χ0n) is 7.76. The van der Waals surface area contributed by atoms with E-state index in [0.29, 0.717) is 11.1 Å². The maximum Gasteiger partial charge on any atom is 0.151 e. The standard InChI is InChI=1S/C10H13ClN2/c1-7-6-9(11)12-13-10(7)8-4-2-3-5-8/h6,8H,2-5H2,1H3. The van der Waals surface area contributed by atoms with E-state index in [1.54, 1.807) is 0 Å². The van der Waals surface area contributed by atoms with Gasteiger partial charge in [-0.1, -0.05) is 24.4 Å². The molecule has 1 aliphatic rings. The van der Waals surface area contributed by atoms with Crippen LogP contribution in [0, 0.1) is 6.92 Å². The molecule has 0 aliphatic heterocycles. The average molecular weight is 197 g/mol. The molecular weight excluding hydrogens is 184 g/mol. The summed E-state index contributed by atoms with van der Waals surface area (Å²) in [4.78, 5) is 0. The summed E-state index contributed by atoms with van der Waals surface area (Å²) in [6.07, 6.45) is 5.18. The third-order valence-electron chi connectivity index (χ3n) is 2.73. The highest BCUT2D eigenvalue weighted by molar-refractivity contribution is 6.29. The number of hydrogen-bond donors (Lipinski definition) is 0. The van der Waals surface area contributed by atoms with Crippen LogP contribution in [0.4, 0.5) is 0 Å².